The van der Waals surface area contributed by atoms with Crippen molar-refractivity contribution in [3.63, 3.8) is 0 Å². The lowest BCUT2D eigenvalue weighted by atomic mass is 9.99. The molecule has 1 amide bonds. The average Bonchev–Trinajstić information content (AvgIpc) is 2.61. The van der Waals surface area contributed by atoms with E-state index in [0.29, 0.717) is 6.42 Å². The Hall–Kier alpha value is -2.89. The lowest BCUT2D eigenvalue weighted by Crippen LogP contribution is -2.42. The van der Waals surface area contributed by atoms with Crippen molar-refractivity contribution >= 4 is 11.9 Å². The van der Waals surface area contributed by atoms with Crippen molar-refractivity contribution in [2.75, 3.05) is 6.54 Å². The molecule has 5 nitrogen and oxygen atoms in total. The highest BCUT2D eigenvalue weighted by Crippen LogP contribution is 2.14. The number of nitrogens with one attached hydrogen (secondary N) is 1. The van der Waals surface area contributed by atoms with Crippen LogP contribution in [0.5, 0.6) is 5.75 Å². The number of amides is 1. The molecule has 0 saturated carbocycles. The number of carboxylic acids is 1. The highest BCUT2D eigenvalue weighted by molar-refractivity contribution is 5.80. The Bertz CT molecular complexity index is 743. The first kappa shape index (κ1) is 19.4. The van der Waals surface area contributed by atoms with E-state index in [2.05, 4.69) is 5.32 Å². The van der Waals surface area contributed by atoms with Gasteiger partial charge < -0.3 is 15.2 Å². The smallest absolute Gasteiger partial charge is 0.346 e. The molecule has 2 aromatic carbocycles. The minimum atomic E-state index is -1.25. The number of carbonyl (C=O) groups is 2. The van der Waals surface area contributed by atoms with Crippen molar-refractivity contribution in [3.8, 4) is 5.75 Å². The zero-order valence-electron chi connectivity index (χ0n) is 14.7. The minimum absolute atomic E-state index is 0.177. The third-order valence-corrected chi connectivity index (χ3v) is 3.94. The summed E-state index contributed by atoms with van der Waals surface area (Å²) in [6.45, 7) is 3.60. The van der Waals surface area contributed by atoms with Crippen LogP contribution in [0.15, 0.2) is 48.5 Å². The third kappa shape index (κ3) is 5.88. The second kappa shape index (κ2) is 8.99. The van der Waals surface area contributed by atoms with E-state index in [-0.39, 0.29) is 24.1 Å². The SMILES string of the molecule is Cc1ccc(CC(C)C(=O)NCC(Oc2ccc(F)cc2)C(=O)O)cc1. The summed E-state index contributed by atoms with van der Waals surface area (Å²) in [5, 5.41) is 11.9. The number of aliphatic carboxylic acids is 1. The van der Waals surface area contributed by atoms with E-state index >= 15 is 0 Å². The van der Waals surface area contributed by atoms with Crippen LogP contribution in [0.4, 0.5) is 4.39 Å². The molecule has 0 saturated heterocycles. The van der Waals surface area contributed by atoms with Crippen molar-refractivity contribution in [1.29, 1.82) is 0 Å². The molecule has 0 heterocycles. The standard InChI is InChI=1S/C20H22FNO4/c1-13-3-5-15(6-4-13)11-14(2)19(23)22-12-18(20(24)25)26-17-9-7-16(21)8-10-17/h3-10,14,18H,11-12H2,1-2H3,(H,22,23)(H,24,25). The molecule has 2 rings (SSSR count). The topological polar surface area (TPSA) is 75.6 Å². The van der Waals surface area contributed by atoms with E-state index in [4.69, 9.17) is 4.74 Å². The molecule has 0 aliphatic heterocycles. The van der Waals surface area contributed by atoms with Gasteiger partial charge in [-0.2, -0.15) is 0 Å². The van der Waals surface area contributed by atoms with Crippen LogP contribution in [0.2, 0.25) is 0 Å². The number of aryl methyl sites for hydroxylation is 1. The van der Waals surface area contributed by atoms with E-state index in [1.165, 1.54) is 24.3 Å². The molecule has 138 valence electrons. The first-order chi connectivity index (χ1) is 12.3. The van der Waals surface area contributed by atoms with E-state index in [0.717, 1.165) is 11.1 Å². The van der Waals surface area contributed by atoms with E-state index < -0.39 is 17.9 Å². The van der Waals surface area contributed by atoms with Gasteiger partial charge in [-0.25, -0.2) is 9.18 Å². The number of rotatable bonds is 8. The highest BCUT2D eigenvalue weighted by atomic mass is 19.1. The first-order valence-electron chi connectivity index (χ1n) is 8.33. The number of carboxylic acid groups (broad SMARTS) is 1. The average molecular weight is 359 g/mol. The summed E-state index contributed by atoms with van der Waals surface area (Å²) in [6.07, 6.45) is -0.696. The second-order valence-electron chi connectivity index (χ2n) is 6.23. The molecule has 0 spiro atoms. The fraction of sp³-hybridized carbons (Fsp3) is 0.300. The van der Waals surface area contributed by atoms with Gasteiger partial charge >= 0.3 is 5.97 Å². The van der Waals surface area contributed by atoms with Gasteiger partial charge in [0.2, 0.25) is 12.0 Å². The fourth-order valence-corrected chi connectivity index (χ4v) is 2.39. The predicted molar refractivity (Wildman–Crippen MR) is 95.5 cm³/mol. The van der Waals surface area contributed by atoms with Gasteiger partial charge in [-0.3, -0.25) is 4.79 Å². The van der Waals surface area contributed by atoms with Crippen LogP contribution >= 0.6 is 0 Å². The number of ether oxygens (including phenoxy) is 1. The Labute approximate surface area is 151 Å². The number of hydrogen-bond donors (Lipinski definition) is 2. The Morgan fingerprint density at radius 3 is 2.31 bits per heavy atom. The molecule has 0 fully saturated rings. The van der Waals surface area contributed by atoms with Crippen LogP contribution in [0.25, 0.3) is 0 Å². The molecule has 2 aromatic rings. The molecular weight excluding hydrogens is 337 g/mol. The van der Waals surface area contributed by atoms with Gasteiger partial charge in [0.15, 0.2) is 0 Å². The predicted octanol–water partition coefficient (Wildman–Crippen LogP) is 2.96. The van der Waals surface area contributed by atoms with Gasteiger partial charge in [0, 0.05) is 5.92 Å². The Morgan fingerprint density at radius 2 is 1.73 bits per heavy atom. The van der Waals surface area contributed by atoms with E-state index in [1.807, 2.05) is 31.2 Å². The lowest BCUT2D eigenvalue weighted by molar-refractivity contribution is -0.145. The summed E-state index contributed by atoms with van der Waals surface area (Å²) in [7, 11) is 0. The molecule has 2 N–H and O–H groups in total. The van der Waals surface area contributed by atoms with Crippen molar-refractivity contribution < 1.29 is 23.8 Å². The molecule has 2 atom stereocenters. The molecule has 0 bridgehead atoms. The van der Waals surface area contributed by atoms with Gasteiger partial charge in [-0.15, -0.1) is 0 Å². The molecule has 2 unspecified atom stereocenters. The van der Waals surface area contributed by atoms with Gasteiger partial charge in [0.05, 0.1) is 6.54 Å². The zero-order valence-corrected chi connectivity index (χ0v) is 14.7. The van der Waals surface area contributed by atoms with E-state index in [9.17, 15) is 19.1 Å². The minimum Gasteiger partial charge on any atom is -0.478 e. The van der Waals surface area contributed by atoms with Gasteiger partial charge in [0.25, 0.3) is 0 Å². The van der Waals surface area contributed by atoms with Crippen molar-refractivity contribution in [3.05, 3.63) is 65.5 Å². The number of hydrogen-bond acceptors (Lipinski definition) is 3. The fourth-order valence-electron chi connectivity index (χ4n) is 2.39. The molecule has 0 aromatic heterocycles. The molecule has 0 radical (unpaired) electrons. The van der Waals surface area contributed by atoms with Crippen LogP contribution in [-0.4, -0.2) is 29.6 Å². The van der Waals surface area contributed by atoms with Crippen LogP contribution in [0, 0.1) is 18.7 Å². The molecule has 26 heavy (non-hydrogen) atoms. The normalized spacial score (nSPS) is 12.9. The summed E-state index contributed by atoms with van der Waals surface area (Å²) in [5.41, 5.74) is 2.18. The summed E-state index contributed by atoms with van der Waals surface area (Å²) in [4.78, 5) is 23.6. The molecule has 0 aliphatic rings. The van der Waals surface area contributed by atoms with Crippen molar-refractivity contribution in [2.45, 2.75) is 26.4 Å². The largest absolute Gasteiger partial charge is 0.478 e. The summed E-state index contributed by atoms with van der Waals surface area (Å²) >= 11 is 0. The van der Waals surface area contributed by atoms with Crippen molar-refractivity contribution in [2.24, 2.45) is 5.92 Å². The highest BCUT2D eigenvalue weighted by Gasteiger charge is 2.22. The molecule has 0 aliphatic carbocycles. The number of halogens is 1. The quantitative estimate of drug-likeness (QED) is 0.760. The van der Waals surface area contributed by atoms with Crippen LogP contribution in [0.1, 0.15) is 18.1 Å². The number of benzene rings is 2. The maximum absolute atomic E-state index is 12.9. The Kier molecular flexibility index (Phi) is 6.72. The summed E-state index contributed by atoms with van der Waals surface area (Å²) in [6, 6.07) is 12.9. The van der Waals surface area contributed by atoms with Gasteiger partial charge in [0.1, 0.15) is 11.6 Å². The summed E-state index contributed by atoms with van der Waals surface area (Å²) in [5.74, 6) is -1.98. The first-order valence-corrected chi connectivity index (χ1v) is 8.33. The van der Waals surface area contributed by atoms with Gasteiger partial charge in [-0.1, -0.05) is 36.8 Å². The Balaban J connectivity index is 1.88. The van der Waals surface area contributed by atoms with Crippen LogP contribution in [0.3, 0.4) is 0 Å². The summed E-state index contributed by atoms with van der Waals surface area (Å²) < 4.78 is 18.2. The molecule has 6 heteroatoms. The van der Waals surface area contributed by atoms with Gasteiger partial charge in [-0.05, 0) is 43.2 Å². The van der Waals surface area contributed by atoms with E-state index in [1.54, 1.807) is 6.92 Å². The third-order valence-electron chi connectivity index (χ3n) is 3.94. The second-order valence-corrected chi connectivity index (χ2v) is 6.23. The number of carbonyl (C=O) groups excluding carboxylic acids is 1. The van der Waals surface area contributed by atoms with Crippen molar-refractivity contribution in [1.82, 2.24) is 5.32 Å². The van der Waals surface area contributed by atoms with Crippen LogP contribution in [-0.2, 0) is 16.0 Å². The van der Waals surface area contributed by atoms with Crippen LogP contribution < -0.4 is 10.1 Å². The lowest BCUT2D eigenvalue weighted by Gasteiger charge is -2.18. The zero-order chi connectivity index (χ0) is 19.1. The Morgan fingerprint density at radius 1 is 1.12 bits per heavy atom. The monoisotopic (exact) mass is 359 g/mol. The maximum Gasteiger partial charge on any atom is 0.346 e. The molecular formula is C20H22FNO4. The maximum atomic E-state index is 12.9.